The van der Waals surface area contributed by atoms with Crippen molar-refractivity contribution in [1.82, 2.24) is 40.8 Å². The number of rotatable bonds is 18. The summed E-state index contributed by atoms with van der Waals surface area (Å²) in [6.07, 6.45) is 0.679. The molecule has 320 valence electrons. The molecular weight excluding hydrogens is 761 g/mol. The number of carbonyl (C=O) groups is 4. The molecule has 1 fully saturated rings. The van der Waals surface area contributed by atoms with Gasteiger partial charge < -0.3 is 30.3 Å². The van der Waals surface area contributed by atoms with Gasteiger partial charge in [-0.3, -0.25) is 25.0 Å². The number of pyridine rings is 2. The van der Waals surface area contributed by atoms with Crippen LogP contribution in [0.25, 0.3) is 11.3 Å². The molecule has 5 atom stereocenters. The van der Waals surface area contributed by atoms with E-state index in [9.17, 15) is 24.3 Å². The van der Waals surface area contributed by atoms with Crippen molar-refractivity contribution in [2.75, 3.05) is 26.7 Å². The van der Waals surface area contributed by atoms with Crippen molar-refractivity contribution in [2.45, 2.75) is 91.7 Å². The van der Waals surface area contributed by atoms with E-state index in [-0.39, 0.29) is 37.4 Å². The van der Waals surface area contributed by atoms with Gasteiger partial charge in [0, 0.05) is 43.6 Å². The molecule has 1 saturated heterocycles. The number of carbonyl (C=O) groups excluding carboxylic acids is 4. The predicted octanol–water partition coefficient (Wildman–Crippen LogP) is 5.50. The van der Waals surface area contributed by atoms with Crippen LogP contribution in [0.4, 0.5) is 9.59 Å². The fourth-order valence-corrected chi connectivity index (χ4v) is 7.35. The first-order valence-electron chi connectivity index (χ1n) is 20.6. The van der Waals surface area contributed by atoms with Crippen LogP contribution in [-0.4, -0.2) is 105 Å². The Hall–Kier alpha value is -5.86. The van der Waals surface area contributed by atoms with E-state index in [0.29, 0.717) is 26.1 Å². The Morgan fingerprint density at radius 1 is 0.900 bits per heavy atom. The summed E-state index contributed by atoms with van der Waals surface area (Å²) in [6.45, 7) is 12.5. The number of aliphatic hydroxyl groups excluding tert-OH is 1. The molecule has 1 aliphatic heterocycles. The second-order valence-electron chi connectivity index (χ2n) is 16.6. The first-order chi connectivity index (χ1) is 28.7. The number of amides is 5. The summed E-state index contributed by atoms with van der Waals surface area (Å²) in [6, 6.07) is 25.8. The molecule has 3 heterocycles. The number of urea groups is 1. The average molecular weight is 821 g/mol. The highest BCUT2D eigenvalue weighted by molar-refractivity contribution is 5.88. The van der Waals surface area contributed by atoms with E-state index < -0.39 is 41.6 Å². The molecule has 0 aliphatic carbocycles. The maximum absolute atomic E-state index is 14.5. The van der Waals surface area contributed by atoms with E-state index in [1.807, 2.05) is 133 Å². The highest BCUT2D eigenvalue weighted by Crippen LogP contribution is 2.24. The van der Waals surface area contributed by atoms with Crippen LogP contribution < -0.4 is 16.1 Å². The average Bonchev–Trinajstić information content (AvgIpc) is 3.57. The molecule has 14 nitrogen and oxygen atoms in total. The number of aliphatic hydroxyl groups is 1. The summed E-state index contributed by atoms with van der Waals surface area (Å²) < 4.78 is 4.83. The minimum Gasteiger partial charge on any atom is -0.453 e. The number of methoxy groups -OCH3 is 1. The molecular formula is C46H60N8O6. The van der Waals surface area contributed by atoms with Gasteiger partial charge in [-0.2, -0.15) is 0 Å². The number of aryl methyl sites for hydroxylation is 1. The number of nitrogens with zero attached hydrogens (tertiary/aromatic N) is 5. The summed E-state index contributed by atoms with van der Waals surface area (Å²) in [7, 11) is 1.23. The summed E-state index contributed by atoms with van der Waals surface area (Å²) in [5.41, 5.74) is 7.32. The molecule has 5 rings (SSSR count). The van der Waals surface area contributed by atoms with E-state index >= 15 is 0 Å². The smallest absolute Gasteiger partial charge is 0.407 e. The second-order valence-corrected chi connectivity index (χ2v) is 16.6. The van der Waals surface area contributed by atoms with Gasteiger partial charge in [0.15, 0.2) is 0 Å². The Morgan fingerprint density at radius 3 is 2.25 bits per heavy atom. The Kier molecular flexibility index (Phi) is 15.8. The summed E-state index contributed by atoms with van der Waals surface area (Å²) in [5.74, 6) is -1.07. The lowest BCUT2D eigenvalue weighted by Gasteiger charge is -2.36. The summed E-state index contributed by atoms with van der Waals surface area (Å²) in [5, 5.41) is 19.6. The minimum atomic E-state index is -1.21. The number of nitrogens with one attached hydrogen (secondary N) is 3. The number of hydrogen-bond donors (Lipinski definition) is 4. The quantitative estimate of drug-likeness (QED) is 0.0948. The standard InChI is InChI=1S/C46H60N8O6/c1-8-31(2)40(54-26-25-52(45(54)59)29-36-18-14-15-32(3)48-36)42(56)49-38(27-33-16-10-9-11-17-33)39(55)30-53(51-43(57)41(46(4,5)6)50-44(58)60-7)28-34-20-22-35(23-21-34)37-19-12-13-24-47-37/h9-24,31,38-41,55H,8,25-30H2,1-7H3,(H,49,56)(H,50,58)(H,51,57)/t31-,38-,39-,40-,41+/m0/s1. The molecule has 1 aliphatic rings. The van der Waals surface area contributed by atoms with E-state index in [0.717, 1.165) is 33.8 Å². The lowest BCUT2D eigenvalue weighted by molar-refractivity contribution is -0.132. The highest BCUT2D eigenvalue weighted by Gasteiger charge is 2.41. The van der Waals surface area contributed by atoms with Crippen molar-refractivity contribution in [3.63, 3.8) is 0 Å². The minimum absolute atomic E-state index is 0.103. The van der Waals surface area contributed by atoms with Crippen LogP contribution in [0.2, 0.25) is 0 Å². The lowest BCUT2D eigenvalue weighted by Crippen LogP contribution is -2.60. The molecule has 4 aromatic rings. The lowest BCUT2D eigenvalue weighted by atomic mass is 9.86. The van der Waals surface area contributed by atoms with Gasteiger partial charge in [0.2, 0.25) is 5.91 Å². The van der Waals surface area contributed by atoms with Crippen LogP contribution in [0.1, 0.15) is 63.6 Å². The summed E-state index contributed by atoms with van der Waals surface area (Å²) >= 11 is 0. The van der Waals surface area contributed by atoms with Crippen molar-refractivity contribution in [2.24, 2.45) is 11.3 Å². The van der Waals surface area contributed by atoms with Gasteiger partial charge in [0.25, 0.3) is 5.91 Å². The zero-order chi connectivity index (χ0) is 43.4. The molecule has 0 radical (unpaired) electrons. The van der Waals surface area contributed by atoms with Crippen molar-refractivity contribution in [1.29, 1.82) is 0 Å². The molecule has 0 saturated carbocycles. The summed E-state index contributed by atoms with van der Waals surface area (Å²) in [4.78, 5) is 67.2. The number of hydrogen-bond acceptors (Lipinski definition) is 9. The van der Waals surface area contributed by atoms with Crippen molar-refractivity contribution < 1.29 is 29.0 Å². The van der Waals surface area contributed by atoms with Crippen LogP contribution in [0.5, 0.6) is 0 Å². The molecule has 0 bridgehead atoms. The van der Waals surface area contributed by atoms with Crippen molar-refractivity contribution in [3.05, 3.63) is 120 Å². The SMILES string of the molecule is CC[C@H](C)[C@@H](C(=O)N[C@@H](Cc1ccccc1)[C@@H](O)CN(Cc1ccc(-c2ccccn2)cc1)NC(=O)[C@@H](NC(=O)OC)C(C)(C)C)N1CCN(Cc2cccc(C)n2)C1=O. The number of aromatic nitrogens is 2. The molecule has 2 aromatic heterocycles. The predicted molar refractivity (Wildman–Crippen MR) is 230 cm³/mol. The Balaban J connectivity index is 1.41. The number of ether oxygens (including phenoxy) is 1. The Bertz CT molecular complexity index is 2030. The zero-order valence-corrected chi connectivity index (χ0v) is 35.8. The fourth-order valence-electron chi connectivity index (χ4n) is 7.35. The fraction of sp³-hybridized carbons (Fsp3) is 0.435. The largest absolute Gasteiger partial charge is 0.453 e. The third-order valence-corrected chi connectivity index (χ3v) is 10.8. The van der Waals surface area contributed by atoms with E-state index in [4.69, 9.17) is 4.74 Å². The first kappa shape index (κ1) is 45.2. The van der Waals surface area contributed by atoms with Gasteiger partial charge in [0.05, 0.1) is 37.2 Å². The van der Waals surface area contributed by atoms with Crippen LogP contribution in [0.3, 0.4) is 0 Å². The molecule has 5 amide bonds. The molecule has 0 spiro atoms. The third-order valence-electron chi connectivity index (χ3n) is 10.8. The highest BCUT2D eigenvalue weighted by atomic mass is 16.5. The van der Waals surface area contributed by atoms with Crippen LogP contribution >= 0.6 is 0 Å². The van der Waals surface area contributed by atoms with Gasteiger partial charge in [-0.25, -0.2) is 14.6 Å². The monoisotopic (exact) mass is 820 g/mol. The van der Waals surface area contributed by atoms with E-state index in [1.54, 1.807) is 21.0 Å². The second kappa shape index (κ2) is 20.9. The number of alkyl carbamates (subject to hydrolysis) is 1. The van der Waals surface area contributed by atoms with E-state index in [1.165, 1.54) is 7.11 Å². The maximum Gasteiger partial charge on any atom is 0.407 e. The molecule has 2 aromatic carbocycles. The third kappa shape index (κ3) is 12.3. The first-order valence-corrected chi connectivity index (χ1v) is 20.6. The van der Waals surface area contributed by atoms with Crippen molar-refractivity contribution >= 4 is 23.9 Å². The molecule has 4 N–H and O–H groups in total. The number of hydrazine groups is 1. The Labute approximate surface area is 353 Å². The van der Waals surface area contributed by atoms with Gasteiger partial charge >= 0.3 is 12.1 Å². The number of benzene rings is 2. The van der Waals surface area contributed by atoms with Gasteiger partial charge in [0.1, 0.15) is 12.1 Å². The molecule has 0 unspecified atom stereocenters. The van der Waals surface area contributed by atoms with Crippen LogP contribution in [0, 0.1) is 18.3 Å². The van der Waals surface area contributed by atoms with Gasteiger partial charge in [-0.15, -0.1) is 0 Å². The molecule has 60 heavy (non-hydrogen) atoms. The topological polar surface area (TPSA) is 169 Å². The van der Waals surface area contributed by atoms with Gasteiger partial charge in [-0.1, -0.05) is 108 Å². The van der Waals surface area contributed by atoms with Crippen molar-refractivity contribution in [3.8, 4) is 11.3 Å². The maximum atomic E-state index is 14.5. The van der Waals surface area contributed by atoms with E-state index in [2.05, 4.69) is 26.0 Å². The zero-order valence-electron chi connectivity index (χ0n) is 35.8. The van der Waals surface area contributed by atoms with Crippen LogP contribution in [0.15, 0.2) is 97.2 Å². The van der Waals surface area contributed by atoms with Crippen LogP contribution in [-0.2, 0) is 33.8 Å². The normalized spacial score (nSPS) is 15.5. The van der Waals surface area contributed by atoms with Gasteiger partial charge in [-0.05, 0) is 60.1 Å². The Morgan fingerprint density at radius 2 is 1.62 bits per heavy atom. The molecule has 14 heteroatoms.